The van der Waals surface area contributed by atoms with E-state index in [1.807, 2.05) is 30.5 Å². The van der Waals surface area contributed by atoms with E-state index < -0.39 is 11.9 Å². The van der Waals surface area contributed by atoms with Gasteiger partial charge in [-0.25, -0.2) is 4.79 Å². The molecule has 0 spiro atoms. The minimum Gasteiger partial charge on any atom is -0.477 e. The van der Waals surface area contributed by atoms with Crippen LogP contribution in [0.15, 0.2) is 78.8 Å². The number of halogens is 1. The average molecular weight is 475 g/mol. The van der Waals surface area contributed by atoms with E-state index in [9.17, 15) is 19.5 Å². The summed E-state index contributed by atoms with van der Waals surface area (Å²) in [5.74, 6) is -2.41. The number of carboxylic acids is 1. The number of aromatic amines is 1. The number of nitrogens with zero attached hydrogens (tertiary/aromatic N) is 1. The molecule has 2 amide bonds. The quantitative estimate of drug-likeness (QED) is 0.301. The van der Waals surface area contributed by atoms with Crippen LogP contribution < -0.4 is 10.6 Å². The molecule has 2 heterocycles. The van der Waals surface area contributed by atoms with E-state index >= 15 is 0 Å². The van der Waals surface area contributed by atoms with Gasteiger partial charge in [-0.05, 0) is 54.1 Å². The van der Waals surface area contributed by atoms with Gasteiger partial charge in [-0.1, -0.05) is 29.8 Å². The molecule has 4 aromatic rings. The van der Waals surface area contributed by atoms with Crippen LogP contribution in [0.5, 0.6) is 0 Å². The SMILES string of the molecule is O=C(O)C(=Cc1ccccn1)NC(=O)c1ccc(C(=O)NCc2cccc3[nH]ccc23)cc1Cl. The van der Waals surface area contributed by atoms with Crippen LogP contribution in [-0.2, 0) is 11.3 Å². The zero-order valence-electron chi connectivity index (χ0n) is 17.7. The molecule has 0 saturated carbocycles. The lowest BCUT2D eigenvalue weighted by molar-refractivity contribution is -0.132. The van der Waals surface area contributed by atoms with Crippen LogP contribution in [0.25, 0.3) is 17.0 Å². The normalized spacial score (nSPS) is 11.3. The maximum absolute atomic E-state index is 12.6. The van der Waals surface area contributed by atoms with E-state index in [4.69, 9.17) is 11.6 Å². The molecule has 8 nitrogen and oxygen atoms in total. The summed E-state index contributed by atoms with van der Waals surface area (Å²) in [5.41, 5.74) is 2.24. The van der Waals surface area contributed by atoms with Crippen molar-refractivity contribution in [2.75, 3.05) is 0 Å². The Labute approximate surface area is 199 Å². The van der Waals surface area contributed by atoms with Gasteiger partial charge >= 0.3 is 5.97 Å². The van der Waals surface area contributed by atoms with E-state index in [1.54, 1.807) is 18.2 Å². The van der Waals surface area contributed by atoms with E-state index in [2.05, 4.69) is 20.6 Å². The number of nitrogens with one attached hydrogen (secondary N) is 3. The number of aliphatic carboxylic acids is 1. The van der Waals surface area contributed by atoms with Crippen LogP contribution in [0.1, 0.15) is 32.0 Å². The minimum absolute atomic E-state index is 0.0143. The molecule has 0 radical (unpaired) electrons. The Balaban J connectivity index is 1.46. The molecule has 0 bridgehead atoms. The first kappa shape index (κ1) is 22.8. The highest BCUT2D eigenvalue weighted by atomic mass is 35.5. The highest BCUT2D eigenvalue weighted by Gasteiger charge is 2.18. The van der Waals surface area contributed by atoms with Crippen molar-refractivity contribution in [3.05, 3.63) is 106 Å². The molecular formula is C25H19ClN4O4. The Morgan fingerprint density at radius 2 is 1.88 bits per heavy atom. The van der Waals surface area contributed by atoms with Crippen LogP contribution in [-0.4, -0.2) is 32.9 Å². The van der Waals surface area contributed by atoms with Crippen LogP contribution >= 0.6 is 11.6 Å². The fourth-order valence-electron chi connectivity index (χ4n) is 3.37. The fraction of sp³-hybridized carbons (Fsp3) is 0.0400. The Kier molecular flexibility index (Phi) is 6.70. The maximum Gasteiger partial charge on any atom is 0.352 e. The molecule has 0 aliphatic heterocycles. The van der Waals surface area contributed by atoms with E-state index in [0.29, 0.717) is 12.2 Å². The smallest absolute Gasteiger partial charge is 0.352 e. The number of carboxylic acid groups (broad SMARTS) is 1. The average Bonchev–Trinajstić information content (AvgIpc) is 3.32. The molecule has 170 valence electrons. The Morgan fingerprint density at radius 1 is 1.03 bits per heavy atom. The minimum atomic E-state index is -1.33. The number of carbonyl (C=O) groups is 3. The van der Waals surface area contributed by atoms with Crippen molar-refractivity contribution in [1.29, 1.82) is 0 Å². The van der Waals surface area contributed by atoms with Crippen molar-refractivity contribution in [2.45, 2.75) is 6.54 Å². The zero-order valence-corrected chi connectivity index (χ0v) is 18.5. The number of hydrogen-bond donors (Lipinski definition) is 4. The van der Waals surface area contributed by atoms with Gasteiger partial charge in [-0.3, -0.25) is 14.6 Å². The van der Waals surface area contributed by atoms with E-state index in [-0.39, 0.29) is 27.8 Å². The lowest BCUT2D eigenvalue weighted by Gasteiger charge is -2.10. The number of aromatic nitrogens is 2. The summed E-state index contributed by atoms with van der Waals surface area (Å²) in [7, 11) is 0. The van der Waals surface area contributed by atoms with Crippen molar-refractivity contribution in [1.82, 2.24) is 20.6 Å². The predicted molar refractivity (Wildman–Crippen MR) is 128 cm³/mol. The second-order valence-electron chi connectivity index (χ2n) is 7.31. The van der Waals surface area contributed by atoms with Crippen LogP contribution in [0.2, 0.25) is 5.02 Å². The highest BCUT2D eigenvalue weighted by molar-refractivity contribution is 6.34. The lowest BCUT2D eigenvalue weighted by atomic mass is 10.1. The van der Waals surface area contributed by atoms with Gasteiger partial charge in [0.25, 0.3) is 11.8 Å². The van der Waals surface area contributed by atoms with E-state index in [1.165, 1.54) is 30.5 Å². The number of fused-ring (bicyclic) bond motifs is 1. The van der Waals surface area contributed by atoms with Gasteiger partial charge in [-0.15, -0.1) is 0 Å². The molecule has 0 unspecified atom stereocenters. The Bertz CT molecular complexity index is 1410. The number of rotatable bonds is 7. The summed E-state index contributed by atoms with van der Waals surface area (Å²) in [5, 5.41) is 15.6. The van der Waals surface area contributed by atoms with Crippen LogP contribution in [0, 0.1) is 0 Å². The molecule has 4 N–H and O–H groups in total. The first-order valence-corrected chi connectivity index (χ1v) is 10.6. The Morgan fingerprint density at radius 3 is 2.62 bits per heavy atom. The van der Waals surface area contributed by atoms with Crippen molar-refractivity contribution in [2.24, 2.45) is 0 Å². The number of carbonyl (C=O) groups excluding carboxylic acids is 2. The third-order valence-electron chi connectivity index (χ3n) is 5.06. The molecule has 0 atom stereocenters. The maximum atomic E-state index is 12.6. The van der Waals surface area contributed by atoms with Gasteiger partial charge in [0, 0.05) is 35.4 Å². The fourth-order valence-corrected chi connectivity index (χ4v) is 3.64. The topological polar surface area (TPSA) is 124 Å². The first-order chi connectivity index (χ1) is 16.4. The van der Waals surface area contributed by atoms with Gasteiger partial charge < -0.3 is 20.7 Å². The number of benzene rings is 2. The number of H-pyrrole nitrogens is 1. The van der Waals surface area contributed by atoms with Gasteiger partial charge in [0.1, 0.15) is 5.70 Å². The van der Waals surface area contributed by atoms with Crippen molar-refractivity contribution in [3.63, 3.8) is 0 Å². The molecule has 34 heavy (non-hydrogen) atoms. The highest BCUT2D eigenvalue weighted by Crippen LogP contribution is 2.20. The van der Waals surface area contributed by atoms with Gasteiger partial charge in [0.2, 0.25) is 0 Å². The summed E-state index contributed by atoms with van der Waals surface area (Å²) >= 11 is 6.25. The molecule has 0 saturated heterocycles. The van der Waals surface area contributed by atoms with Crippen molar-refractivity contribution >= 4 is 46.4 Å². The second-order valence-corrected chi connectivity index (χ2v) is 7.71. The molecular weight excluding hydrogens is 456 g/mol. The van der Waals surface area contributed by atoms with Gasteiger partial charge in [-0.2, -0.15) is 0 Å². The Hall–Kier alpha value is -4.43. The van der Waals surface area contributed by atoms with Crippen molar-refractivity contribution < 1.29 is 19.5 Å². The summed E-state index contributed by atoms with van der Waals surface area (Å²) in [6, 6.07) is 16.9. The standard InChI is InChI=1S/C25H19ClN4O4/c26-20-12-15(23(31)29-14-16-4-3-6-21-18(16)9-11-28-21)7-8-19(20)24(32)30-22(25(33)34)13-17-5-1-2-10-27-17/h1-13,28H,14H2,(H,29,31)(H,30,32)(H,33,34). The zero-order chi connectivity index (χ0) is 24.1. The van der Waals surface area contributed by atoms with Crippen molar-refractivity contribution in [3.8, 4) is 0 Å². The lowest BCUT2D eigenvalue weighted by Crippen LogP contribution is -2.28. The third-order valence-corrected chi connectivity index (χ3v) is 5.37. The summed E-state index contributed by atoms with van der Waals surface area (Å²) in [4.78, 5) is 44.0. The molecule has 4 rings (SSSR count). The molecule has 9 heteroatoms. The second kappa shape index (κ2) is 10.0. The number of amides is 2. The molecule has 2 aromatic heterocycles. The monoisotopic (exact) mass is 474 g/mol. The molecule has 0 fully saturated rings. The number of hydrogen-bond acceptors (Lipinski definition) is 4. The van der Waals surface area contributed by atoms with Gasteiger partial charge in [0.05, 0.1) is 16.3 Å². The molecule has 2 aromatic carbocycles. The summed E-state index contributed by atoms with van der Waals surface area (Å²) < 4.78 is 0. The number of pyridine rings is 1. The van der Waals surface area contributed by atoms with Gasteiger partial charge in [0.15, 0.2) is 0 Å². The first-order valence-electron chi connectivity index (χ1n) is 10.2. The largest absolute Gasteiger partial charge is 0.477 e. The third kappa shape index (κ3) is 5.13. The summed E-state index contributed by atoms with van der Waals surface area (Å²) in [6.07, 6.45) is 4.58. The van der Waals surface area contributed by atoms with Crippen LogP contribution in [0.4, 0.5) is 0 Å². The van der Waals surface area contributed by atoms with Crippen LogP contribution in [0.3, 0.4) is 0 Å². The van der Waals surface area contributed by atoms with E-state index in [0.717, 1.165) is 16.5 Å². The predicted octanol–water partition coefficient (Wildman–Crippen LogP) is 4.00. The molecule has 0 aliphatic carbocycles. The summed E-state index contributed by atoms with van der Waals surface area (Å²) in [6.45, 7) is 0.314. The molecule has 0 aliphatic rings.